The summed E-state index contributed by atoms with van der Waals surface area (Å²) in [6.07, 6.45) is 1.99. The quantitative estimate of drug-likeness (QED) is 0.736. The average molecular weight is 189 g/mol. The van der Waals surface area contributed by atoms with Crippen LogP contribution in [0.1, 0.15) is 24.2 Å². The summed E-state index contributed by atoms with van der Waals surface area (Å²) in [5.41, 5.74) is 3.16. The Morgan fingerprint density at radius 3 is 2.71 bits per heavy atom. The SMILES string of the molecule is Cc1ccc(N2CCCC2=N)c(C)n1. The van der Waals surface area contributed by atoms with E-state index in [9.17, 15) is 0 Å². The highest BCUT2D eigenvalue weighted by Crippen LogP contribution is 2.23. The second-order valence-corrected chi connectivity index (χ2v) is 3.76. The van der Waals surface area contributed by atoms with Crippen LogP contribution < -0.4 is 4.90 Å². The largest absolute Gasteiger partial charge is 0.329 e. The van der Waals surface area contributed by atoms with E-state index in [1.54, 1.807) is 0 Å². The maximum atomic E-state index is 7.79. The molecule has 0 unspecified atom stereocenters. The topological polar surface area (TPSA) is 40.0 Å². The second kappa shape index (κ2) is 3.40. The third kappa shape index (κ3) is 1.50. The molecule has 1 fully saturated rings. The smallest absolute Gasteiger partial charge is 0.100 e. The normalized spacial score (nSPS) is 16.4. The minimum absolute atomic E-state index is 0.721. The van der Waals surface area contributed by atoms with Gasteiger partial charge in [0.05, 0.1) is 11.4 Å². The standard InChI is InChI=1S/C11H15N3/c1-8-5-6-10(9(2)13-8)14-7-3-4-11(14)12/h5-6,12H,3-4,7H2,1-2H3. The molecule has 14 heavy (non-hydrogen) atoms. The molecular formula is C11H15N3. The zero-order valence-electron chi connectivity index (χ0n) is 8.67. The van der Waals surface area contributed by atoms with Crippen LogP contribution in [-0.4, -0.2) is 17.4 Å². The molecule has 3 heteroatoms. The number of aryl methyl sites for hydroxylation is 2. The molecule has 1 aliphatic heterocycles. The van der Waals surface area contributed by atoms with Crippen molar-refractivity contribution >= 4 is 11.5 Å². The molecule has 1 N–H and O–H groups in total. The van der Waals surface area contributed by atoms with Crippen LogP contribution in [0.2, 0.25) is 0 Å². The van der Waals surface area contributed by atoms with Crippen LogP contribution in [0.5, 0.6) is 0 Å². The Labute approximate surface area is 84.3 Å². The van der Waals surface area contributed by atoms with Crippen LogP contribution in [0.25, 0.3) is 0 Å². The summed E-state index contributed by atoms with van der Waals surface area (Å²) in [5, 5.41) is 7.79. The molecule has 0 saturated carbocycles. The van der Waals surface area contributed by atoms with Gasteiger partial charge in [-0.3, -0.25) is 10.4 Å². The van der Waals surface area contributed by atoms with Gasteiger partial charge in [0.1, 0.15) is 5.84 Å². The Hall–Kier alpha value is -1.38. The van der Waals surface area contributed by atoms with Crippen molar-refractivity contribution in [1.29, 1.82) is 5.41 Å². The van der Waals surface area contributed by atoms with Gasteiger partial charge in [0.15, 0.2) is 0 Å². The third-order valence-corrected chi connectivity index (χ3v) is 2.61. The lowest BCUT2D eigenvalue weighted by molar-refractivity contribution is 0.947. The number of pyridine rings is 1. The predicted octanol–water partition coefficient (Wildman–Crippen LogP) is 2.28. The highest BCUT2D eigenvalue weighted by molar-refractivity contribution is 5.97. The number of aromatic nitrogens is 1. The van der Waals surface area contributed by atoms with E-state index in [1.807, 2.05) is 19.9 Å². The minimum atomic E-state index is 0.721. The highest BCUT2D eigenvalue weighted by atomic mass is 15.2. The lowest BCUT2D eigenvalue weighted by Gasteiger charge is -2.19. The lowest BCUT2D eigenvalue weighted by Crippen LogP contribution is -2.24. The summed E-state index contributed by atoms with van der Waals surface area (Å²) in [7, 11) is 0. The Morgan fingerprint density at radius 1 is 1.36 bits per heavy atom. The number of rotatable bonds is 1. The van der Waals surface area contributed by atoms with Crippen molar-refractivity contribution < 1.29 is 0 Å². The predicted molar refractivity (Wildman–Crippen MR) is 58.0 cm³/mol. The molecule has 74 valence electrons. The average Bonchev–Trinajstić information content (AvgIpc) is 2.52. The highest BCUT2D eigenvalue weighted by Gasteiger charge is 2.20. The number of nitrogens with one attached hydrogen (secondary N) is 1. The molecule has 0 atom stereocenters. The van der Waals surface area contributed by atoms with E-state index in [0.29, 0.717) is 0 Å². The minimum Gasteiger partial charge on any atom is -0.329 e. The van der Waals surface area contributed by atoms with Gasteiger partial charge in [0, 0.05) is 18.7 Å². The van der Waals surface area contributed by atoms with Crippen molar-refractivity contribution in [3.63, 3.8) is 0 Å². The zero-order chi connectivity index (χ0) is 10.1. The number of hydrogen-bond acceptors (Lipinski definition) is 2. The van der Waals surface area contributed by atoms with Crippen molar-refractivity contribution in [3.05, 3.63) is 23.5 Å². The van der Waals surface area contributed by atoms with E-state index in [0.717, 1.165) is 42.3 Å². The van der Waals surface area contributed by atoms with Crippen LogP contribution in [0, 0.1) is 19.3 Å². The maximum Gasteiger partial charge on any atom is 0.100 e. The van der Waals surface area contributed by atoms with Crippen molar-refractivity contribution in [2.75, 3.05) is 11.4 Å². The van der Waals surface area contributed by atoms with Gasteiger partial charge in [0.25, 0.3) is 0 Å². The first-order chi connectivity index (χ1) is 6.68. The molecule has 0 spiro atoms. The number of hydrogen-bond donors (Lipinski definition) is 1. The number of anilines is 1. The molecule has 1 aromatic rings. The number of amidine groups is 1. The molecule has 2 rings (SSSR count). The van der Waals surface area contributed by atoms with Crippen LogP contribution in [-0.2, 0) is 0 Å². The van der Waals surface area contributed by atoms with E-state index in [1.165, 1.54) is 0 Å². The third-order valence-electron chi connectivity index (χ3n) is 2.61. The summed E-state index contributed by atoms with van der Waals surface area (Å²) in [6.45, 7) is 4.96. The molecule has 0 aromatic carbocycles. The molecule has 0 amide bonds. The summed E-state index contributed by atoms with van der Waals surface area (Å²) in [5.74, 6) is 0.721. The zero-order valence-corrected chi connectivity index (χ0v) is 8.67. The summed E-state index contributed by atoms with van der Waals surface area (Å²) in [6, 6.07) is 4.07. The first-order valence-electron chi connectivity index (χ1n) is 4.97. The molecule has 1 aromatic heterocycles. The van der Waals surface area contributed by atoms with Gasteiger partial charge < -0.3 is 4.90 Å². The Balaban J connectivity index is 2.36. The summed E-state index contributed by atoms with van der Waals surface area (Å²) >= 11 is 0. The van der Waals surface area contributed by atoms with Gasteiger partial charge in [-0.15, -0.1) is 0 Å². The van der Waals surface area contributed by atoms with Crippen LogP contribution in [0.4, 0.5) is 5.69 Å². The van der Waals surface area contributed by atoms with Crippen molar-refractivity contribution in [2.45, 2.75) is 26.7 Å². The monoisotopic (exact) mass is 189 g/mol. The molecule has 0 radical (unpaired) electrons. The van der Waals surface area contributed by atoms with Gasteiger partial charge in [0.2, 0.25) is 0 Å². The van der Waals surface area contributed by atoms with Gasteiger partial charge >= 0.3 is 0 Å². The lowest BCUT2D eigenvalue weighted by atomic mass is 10.2. The Morgan fingerprint density at radius 2 is 2.14 bits per heavy atom. The fourth-order valence-corrected chi connectivity index (χ4v) is 1.90. The van der Waals surface area contributed by atoms with Crippen molar-refractivity contribution in [2.24, 2.45) is 0 Å². The fourth-order valence-electron chi connectivity index (χ4n) is 1.90. The van der Waals surface area contributed by atoms with E-state index >= 15 is 0 Å². The second-order valence-electron chi connectivity index (χ2n) is 3.76. The van der Waals surface area contributed by atoms with Crippen LogP contribution in [0.3, 0.4) is 0 Å². The van der Waals surface area contributed by atoms with Crippen LogP contribution >= 0.6 is 0 Å². The molecule has 3 nitrogen and oxygen atoms in total. The van der Waals surface area contributed by atoms with E-state index in [-0.39, 0.29) is 0 Å². The molecular weight excluding hydrogens is 174 g/mol. The van der Waals surface area contributed by atoms with Crippen LogP contribution in [0.15, 0.2) is 12.1 Å². The van der Waals surface area contributed by atoms with E-state index < -0.39 is 0 Å². The molecule has 1 saturated heterocycles. The van der Waals surface area contributed by atoms with E-state index in [4.69, 9.17) is 5.41 Å². The fraction of sp³-hybridized carbons (Fsp3) is 0.455. The first kappa shape index (κ1) is 9.19. The van der Waals surface area contributed by atoms with Gasteiger partial charge in [-0.1, -0.05) is 0 Å². The van der Waals surface area contributed by atoms with Gasteiger partial charge in [-0.25, -0.2) is 0 Å². The number of nitrogens with zero attached hydrogens (tertiary/aromatic N) is 2. The van der Waals surface area contributed by atoms with Gasteiger partial charge in [-0.2, -0.15) is 0 Å². The Kier molecular flexibility index (Phi) is 2.23. The molecule has 1 aliphatic rings. The Bertz CT molecular complexity index is 371. The van der Waals surface area contributed by atoms with Gasteiger partial charge in [-0.05, 0) is 32.4 Å². The first-order valence-corrected chi connectivity index (χ1v) is 4.97. The molecule has 2 heterocycles. The summed E-state index contributed by atoms with van der Waals surface area (Å²) < 4.78 is 0. The van der Waals surface area contributed by atoms with Crippen molar-refractivity contribution in [1.82, 2.24) is 4.98 Å². The molecule has 0 bridgehead atoms. The molecule has 0 aliphatic carbocycles. The van der Waals surface area contributed by atoms with Crippen molar-refractivity contribution in [3.8, 4) is 0 Å². The summed E-state index contributed by atoms with van der Waals surface area (Å²) in [4.78, 5) is 6.47. The maximum absolute atomic E-state index is 7.79. The van der Waals surface area contributed by atoms with E-state index in [2.05, 4.69) is 16.0 Å².